The summed E-state index contributed by atoms with van der Waals surface area (Å²) < 4.78 is 5.92. The second-order valence-corrected chi connectivity index (χ2v) is 11.2. The highest BCUT2D eigenvalue weighted by Gasteiger charge is 2.37. The predicted octanol–water partition coefficient (Wildman–Crippen LogP) is 6.66. The van der Waals surface area contributed by atoms with Crippen LogP contribution >= 0.6 is 23.2 Å². The van der Waals surface area contributed by atoms with Gasteiger partial charge in [-0.1, -0.05) is 108 Å². The van der Waals surface area contributed by atoms with Crippen LogP contribution in [-0.4, -0.2) is 52.7 Å². The maximum atomic E-state index is 14.7. The molecule has 0 saturated carbocycles. The molecule has 1 amide bonds. The molecule has 1 aliphatic heterocycles. The summed E-state index contributed by atoms with van der Waals surface area (Å²) in [5.74, 6) is -1.26. The molecule has 0 spiro atoms. The van der Waals surface area contributed by atoms with Crippen LogP contribution in [-0.2, 0) is 21.0 Å². The van der Waals surface area contributed by atoms with Gasteiger partial charge in [0.2, 0.25) is 6.10 Å². The Morgan fingerprint density at radius 2 is 1.51 bits per heavy atom. The lowest BCUT2D eigenvalue weighted by Crippen LogP contribution is -2.44. The number of esters is 1. The third-order valence-electron chi connectivity index (χ3n) is 7.28. The zero-order valence-electron chi connectivity index (χ0n) is 23.4. The average Bonchev–Trinajstić information content (AvgIpc) is 3.46. The van der Waals surface area contributed by atoms with Gasteiger partial charge in [0.25, 0.3) is 5.91 Å². The second-order valence-electron chi connectivity index (χ2n) is 10.4. The first-order valence-corrected chi connectivity index (χ1v) is 14.8. The second kappa shape index (κ2) is 14.6. The van der Waals surface area contributed by atoms with Crippen LogP contribution in [0.4, 0.5) is 0 Å². The number of benzene rings is 4. The van der Waals surface area contributed by atoms with Crippen LogP contribution in [0.1, 0.15) is 45.6 Å². The van der Waals surface area contributed by atoms with Crippen LogP contribution in [0.15, 0.2) is 109 Å². The molecule has 3 atom stereocenters. The van der Waals surface area contributed by atoms with E-state index in [4.69, 9.17) is 32.8 Å². The summed E-state index contributed by atoms with van der Waals surface area (Å²) in [7, 11) is 0. The highest BCUT2D eigenvalue weighted by atomic mass is 35.5. The minimum Gasteiger partial charge on any atom is -0.444 e. The first-order valence-electron chi connectivity index (χ1n) is 14.1. The standard InChI is InChI=1S/C34H32Cl2N2O5/c35-29-17-16-27(20-30(29)36)32(43-34(41)26-14-8-3-9-15-26)33(40)38(42-23-24-10-4-1-5-11-24)31(25-12-6-2-7-13-25)22-37-19-18-28(39)21-37/h1-17,20,28,31-32,39H,18-19,21-23H2. The minimum absolute atomic E-state index is 0.0965. The highest BCUT2D eigenvalue weighted by molar-refractivity contribution is 6.42. The van der Waals surface area contributed by atoms with E-state index in [0.29, 0.717) is 42.2 Å². The fraction of sp³-hybridized carbons (Fsp3) is 0.235. The predicted molar refractivity (Wildman–Crippen MR) is 165 cm³/mol. The van der Waals surface area contributed by atoms with Crippen LogP contribution in [0.25, 0.3) is 0 Å². The number of aliphatic hydroxyl groups excluding tert-OH is 1. The molecule has 43 heavy (non-hydrogen) atoms. The van der Waals surface area contributed by atoms with E-state index in [1.54, 1.807) is 42.5 Å². The summed E-state index contributed by atoms with van der Waals surface area (Å²) >= 11 is 12.6. The Hall–Kier alpha value is -3.72. The van der Waals surface area contributed by atoms with Gasteiger partial charge in [0.15, 0.2) is 0 Å². The number of hydroxylamine groups is 2. The van der Waals surface area contributed by atoms with Crippen LogP contribution in [0, 0.1) is 0 Å². The van der Waals surface area contributed by atoms with Crippen molar-refractivity contribution in [1.29, 1.82) is 0 Å². The quantitative estimate of drug-likeness (QED) is 0.150. The number of hydrogen-bond acceptors (Lipinski definition) is 6. The molecule has 222 valence electrons. The van der Waals surface area contributed by atoms with Gasteiger partial charge in [-0.05, 0) is 41.8 Å². The number of halogens is 2. The molecule has 4 aromatic rings. The van der Waals surface area contributed by atoms with Gasteiger partial charge in [-0.15, -0.1) is 0 Å². The number of rotatable bonds is 11. The minimum atomic E-state index is -1.39. The van der Waals surface area contributed by atoms with Crippen molar-refractivity contribution in [3.63, 3.8) is 0 Å². The Labute approximate surface area is 261 Å². The maximum Gasteiger partial charge on any atom is 0.339 e. The third-order valence-corrected chi connectivity index (χ3v) is 8.02. The summed E-state index contributed by atoms with van der Waals surface area (Å²) in [6.07, 6.45) is -1.20. The van der Waals surface area contributed by atoms with Gasteiger partial charge in [-0.2, -0.15) is 0 Å². The molecule has 0 bridgehead atoms. The van der Waals surface area contributed by atoms with E-state index in [9.17, 15) is 14.7 Å². The van der Waals surface area contributed by atoms with Crippen molar-refractivity contribution in [3.05, 3.63) is 141 Å². The van der Waals surface area contributed by atoms with E-state index in [0.717, 1.165) is 11.1 Å². The van der Waals surface area contributed by atoms with Crippen molar-refractivity contribution in [2.45, 2.75) is 31.3 Å². The van der Waals surface area contributed by atoms with Crippen LogP contribution in [0.5, 0.6) is 0 Å². The molecule has 1 heterocycles. The van der Waals surface area contributed by atoms with E-state index in [-0.39, 0.29) is 11.6 Å². The molecule has 0 radical (unpaired) electrons. The van der Waals surface area contributed by atoms with Gasteiger partial charge in [0.1, 0.15) is 6.61 Å². The molecule has 0 aromatic heterocycles. The van der Waals surface area contributed by atoms with E-state index in [1.165, 1.54) is 11.1 Å². The number of β-amino-alcohol motifs (C(OH)–C–C–N with tert-alkyl or cyclic N) is 1. The SMILES string of the molecule is O=C(OC(C(=O)N(OCc1ccccc1)C(CN1CCC(O)C1)c1ccccc1)c1ccc(Cl)c(Cl)c1)c1ccccc1. The van der Waals surface area contributed by atoms with Gasteiger partial charge in [0.05, 0.1) is 27.8 Å². The summed E-state index contributed by atoms with van der Waals surface area (Å²) in [6, 6.07) is 31.6. The fourth-order valence-electron chi connectivity index (χ4n) is 5.04. The molecule has 0 aliphatic carbocycles. The van der Waals surface area contributed by atoms with Crippen LogP contribution in [0.3, 0.4) is 0 Å². The molecule has 3 unspecified atom stereocenters. The zero-order chi connectivity index (χ0) is 30.2. The molecule has 1 saturated heterocycles. The van der Waals surface area contributed by atoms with Gasteiger partial charge in [-0.25, -0.2) is 9.86 Å². The van der Waals surface area contributed by atoms with E-state index < -0.39 is 30.1 Å². The van der Waals surface area contributed by atoms with Gasteiger partial charge < -0.3 is 9.84 Å². The first kappa shape index (κ1) is 30.7. The lowest BCUT2D eigenvalue weighted by Gasteiger charge is -2.35. The van der Waals surface area contributed by atoms with Crippen molar-refractivity contribution >= 4 is 35.1 Å². The Morgan fingerprint density at radius 1 is 0.860 bits per heavy atom. The Bertz CT molecular complexity index is 1510. The number of likely N-dealkylation sites (tertiary alicyclic amines) is 1. The van der Waals surface area contributed by atoms with Crippen LogP contribution < -0.4 is 0 Å². The summed E-state index contributed by atoms with van der Waals surface area (Å²) in [5.41, 5.74) is 2.33. The lowest BCUT2D eigenvalue weighted by molar-refractivity contribution is -0.217. The van der Waals surface area contributed by atoms with Crippen LogP contribution in [0.2, 0.25) is 10.0 Å². The summed E-state index contributed by atoms with van der Waals surface area (Å²) in [4.78, 5) is 36.4. The number of hydrogen-bond donors (Lipinski definition) is 1. The van der Waals surface area contributed by atoms with E-state index >= 15 is 0 Å². The number of amides is 1. The zero-order valence-corrected chi connectivity index (χ0v) is 24.9. The lowest BCUT2D eigenvalue weighted by atomic mass is 10.0. The maximum absolute atomic E-state index is 14.7. The van der Waals surface area contributed by atoms with Crippen molar-refractivity contribution in [1.82, 2.24) is 9.96 Å². The van der Waals surface area contributed by atoms with Crippen molar-refractivity contribution in [2.24, 2.45) is 0 Å². The molecule has 5 rings (SSSR count). The Morgan fingerprint density at radius 3 is 2.14 bits per heavy atom. The van der Waals surface area contributed by atoms with Gasteiger partial charge in [-0.3, -0.25) is 14.5 Å². The van der Waals surface area contributed by atoms with Crippen molar-refractivity contribution < 1.29 is 24.3 Å². The molecule has 1 aliphatic rings. The summed E-state index contributed by atoms with van der Waals surface area (Å²) in [6.45, 7) is 1.63. The van der Waals surface area contributed by atoms with E-state index in [1.807, 2.05) is 60.7 Å². The molecule has 1 N–H and O–H groups in total. The fourth-order valence-corrected chi connectivity index (χ4v) is 5.35. The molecule has 4 aromatic carbocycles. The largest absolute Gasteiger partial charge is 0.444 e. The van der Waals surface area contributed by atoms with Crippen molar-refractivity contribution in [3.8, 4) is 0 Å². The molecule has 7 nitrogen and oxygen atoms in total. The molecular weight excluding hydrogens is 587 g/mol. The number of carbonyl (C=O) groups is 2. The summed E-state index contributed by atoms with van der Waals surface area (Å²) in [5, 5.41) is 12.1. The molecular formula is C34H32Cl2N2O5. The smallest absolute Gasteiger partial charge is 0.339 e. The monoisotopic (exact) mass is 618 g/mol. The Balaban J connectivity index is 1.55. The van der Waals surface area contributed by atoms with E-state index in [2.05, 4.69) is 4.90 Å². The number of nitrogens with zero attached hydrogens (tertiary/aromatic N) is 2. The topological polar surface area (TPSA) is 79.3 Å². The number of carbonyl (C=O) groups excluding carboxylic acids is 2. The number of ether oxygens (including phenoxy) is 1. The molecule has 9 heteroatoms. The highest BCUT2D eigenvalue weighted by Crippen LogP contribution is 2.33. The normalized spacial score (nSPS) is 16.4. The number of aliphatic hydroxyl groups is 1. The van der Waals surface area contributed by atoms with Crippen molar-refractivity contribution in [2.75, 3.05) is 19.6 Å². The Kier molecular flexibility index (Phi) is 10.5. The molecule has 1 fully saturated rings. The van der Waals surface area contributed by atoms with Gasteiger partial charge in [0, 0.05) is 25.2 Å². The first-order chi connectivity index (χ1) is 20.9. The third kappa shape index (κ3) is 8.02. The van der Waals surface area contributed by atoms with Gasteiger partial charge >= 0.3 is 5.97 Å². The average molecular weight is 620 g/mol.